The number of nitrogens with one attached hydrogen (secondary N) is 2. The summed E-state index contributed by atoms with van der Waals surface area (Å²) in [5.41, 5.74) is 1.25. The van der Waals surface area contributed by atoms with Crippen molar-refractivity contribution in [2.45, 2.75) is 13.3 Å². The number of rotatable bonds is 5. The van der Waals surface area contributed by atoms with E-state index in [1.165, 1.54) is 6.20 Å². The lowest BCUT2D eigenvalue weighted by Gasteiger charge is -2.07. The van der Waals surface area contributed by atoms with Crippen molar-refractivity contribution in [1.82, 2.24) is 9.97 Å². The van der Waals surface area contributed by atoms with Crippen LogP contribution in [-0.2, 0) is 0 Å². The fourth-order valence-corrected chi connectivity index (χ4v) is 1.68. The van der Waals surface area contributed by atoms with Gasteiger partial charge in [-0.05, 0) is 24.6 Å². The largest absolute Gasteiger partial charge is 0.369 e. The molecule has 2 rings (SSSR count). The van der Waals surface area contributed by atoms with Gasteiger partial charge in [-0.15, -0.1) is 0 Å². The van der Waals surface area contributed by atoms with Gasteiger partial charge in [0.25, 0.3) is 5.91 Å². The van der Waals surface area contributed by atoms with Crippen LogP contribution < -0.4 is 10.6 Å². The number of hydrogen-bond donors (Lipinski definition) is 2. The molecule has 21 heavy (non-hydrogen) atoms. The number of nitrogens with zero attached hydrogens (tertiary/aromatic N) is 3. The average molecular weight is 281 g/mol. The van der Waals surface area contributed by atoms with Crippen LogP contribution in [0, 0.1) is 11.3 Å². The molecule has 106 valence electrons. The van der Waals surface area contributed by atoms with Crippen LogP contribution in [0.3, 0.4) is 0 Å². The second kappa shape index (κ2) is 7.01. The number of aromatic nitrogens is 2. The number of carbonyl (C=O) groups excluding carboxylic acids is 1. The summed E-state index contributed by atoms with van der Waals surface area (Å²) in [5, 5.41) is 14.6. The van der Waals surface area contributed by atoms with E-state index >= 15 is 0 Å². The maximum absolute atomic E-state index is 12.1. The molecule has 1 aromatic heterocycles. The van der Waals surface area contributed by atoms with E-state index in [0.29, 0.717) is 17.1 Å². The van der Waals surface area contributed by atoms with Gasteiger partial charge >= 0.3 is 0 Å². The molecule has 1 aromatic carbocycles. The number of amides is 1. The molecule has 2 aromatic rings. The standard InChI is InChI=1S/C15H15N5O/c1-2-6-18-14-10-17-9-13(20-14)15(21)19-12-5-3-4-11(7-12)8-16/h3-5,7,9-10H,2,6H2,1H3,(H,18,20)(H,19,21). The zero-order valence-electron chi connectivity index (χ0n) is 11.6. The van der Waals surface area contributed by atoms with Crippen molar-refractivity contribution in [2.24, 2.45) is 0 Å². The molecule has 0 radical (unpaired) electrons. The molecule has 0 saturated heterocycles. The molecular weight excluding hydrogens is 266 g/mol. The molecule has 1 heterocycles. The maximum atomic E-state index is 12.1. The molecule has 0 bridgehead atoms. The predicted molar refractivity (Wildman–Crippen MR) is 79.9 cm³/mol. The molecule has 0 aliphatic carbocycles. The first-order valence-electron chi connectivity index (χ1n) is 6.60. The van der Waals surface area contributed by atoms with Gasteiger partial charge < -0.3 is 10.6 Å². The summed E-state index contributed by atoms with van der Waals surface area (Å²) in [6.45, 7) is 2.81. The molecule has 6 heteroatoms. The highest BCUT2D eigenvalue weighted by atomic mass is 16.1. The van der Waals surface area contributed by atoms with Gasteiger partial charge in [-0.25, -0.2) is 4.98 Å². The molecule has 0 aliphatic heterocycles. The zero-order chi connectivity index (χ0) is 15.1. The summed E-state index contributed by atoms with van der Waals surface area (Å²) in [7, 11) is 0. The molecule has 0 atom stereocenters. The van der Waals surface area contributed by atoms with E-state index in [2.05, 4.69) is 20.6 Å². The van der Waals surface area contributed by atoms with Crippen LogP contribution in [0.25, 0.3) is 0 Å². The van der Waals surface area contributed by atoms with E-state index in [4.69, 9.17) is 5.26 Å². The van der Waals surface area contributed by atoms with Gasteiger partial charge in [0.2, 0.25) is 0 Å². The van der Waals surface area contributed by atoms with Crippen molar-refractivity contribution >= 4 is 17.4 Å². The Hall–Kier alpha value is -2.94. The van der Waals surface area contributed by atoms with Crippen molar-refractivity contribution in [3.05, 3.63) is 47.9 Å². The second-order valence-electron chi connectivity index (χ2n) is 4.36. The van der Waals surface area contributed by atoms with Crippen LogP contribution in [0.15, 0.2) is 36.7 Å². The van der Waals surface area contributed by atoms with Crippen LogP contribution in [0.4, 0.5) is 11.5 Å². The van der Waals surface area contributed by atoms with Crippen molar-refractivity contribution in [3.8, 4) is 6.07 Å². The SMILES string of the molecule is CCCNc1cncc(C(=O)Nc2cccc(C#N)c2)n1. The first-order valence-corrected chi connectivity index (χ1v) is 6.60. The van der Waals surface area contributed by atoms with E-state index in [-0.39, 0.29) is 11.6 Å². The molecule has 0 spiro atoms. The van der Waals surface area contributed by atoms with Crippen LogP contribution in [0.2, 0.25) is 0 Å². The molecule has 0 aliphatic rings. The number of benzene rings is 1. The van der Waals surface area contributed by atoms with Crippen molar-refractivity contribution < 1.29 is 4.79 Å². The Morgan fingerprint density at radius 2 is 2.24 bits per heavy atom. The minimum atomic E-state index is -0.363. The third-order valence-electron chi connectivity index (χ3n) is 2.67. The molecular formula is C15H15N5O. The Morgan fingerprint density at radius 3 is 3.00 bits per heavy atom. The third-order valence-corrected chi connectivity index (χ3v) is 2.67. The highest BCUT2D eigenvalue weighted by Gasteiger charge is 2.09. The zero-order valence-corrected chi connectivity index (χ0v) is 11.6. The summed E-state index contributed by atoms with van der Waals surface area (Å²) < 4.78 is 0. The molecule has 1 amide bonds. The third kappa shape index (κ3) is 4.01. The Bertz CT molecular complexity index is 678. The molecule has 0 fully saturated rings. The summed E-state index contributed by atoms with van der Waals surface area (Å²) in [5.74, 6) is 0.202. The number of carbonyl (C=O) groups is 1. The number of anilines is 2. The Morgan fingerprint density at radius 1 is 1.38 bits per heavy atom. The minimum absolute atomic E-state index is 0.221. The fourth-order valence-electron chi connectivity index (χ4n) is 1.68. The van der Waals surface area contributed by atoms with Gasteiger partial charge in [-0.1, -0.05) is 13.0 Å². The first kappa shape index (κ1) is 14.5. The predicted octanol–water partition coefficient (Wildman–Crippen LogP) is 2.42. The van der Waals surface area contributed by atoms with Crippen LogP contribution in [-0.4, -0.2) is 22.4 Å². The molecule has 0 unspecified atom stereocenters. The van der Waals surface area contributed by atoms with Crippen molar-refractivity contribution in [1.29, 1.82) is 5.26 Å². The van der Waals surface area contributed by atoms with Gasteiger partial charge in [0.15, 0.2) is 0 Å². The summed E-state index contributed by atoms with van der Waals surface area (Å²) in [4.78, 5) is 20.3. The molecule has 6 nitrogen and oxygen atoms in total. The number of hydrogen-bond acceptors (Lipinski definition) is 5. The van der Waals surface area contributed by atoms with E-state index < -0.39 is 0 Å². The van der Waals surface area contributed by atoms with Gasteiger partial charge in [0.05, 0.1) is 24.0 Å². The van der Waals surface area contributed by atoms with Crippen LogP contribution in [0.1, 0.15) is 29.4 Å². The lowest BCUT2D eigenvalue weighted by molar-refractivity contribution is 0.102. The van der Waals surface area contributed by atoms with Gasteiger partial charge in [0, 0.05) is 12.2 Å². The van der Waals surface area contributed by atoms with E-state index in [1.807, 2.05) is 13.0 Å². The van der Waals surface area contributed by atoms with Crippen LogP contribution in [0.5, 0.6) is 0 Å². The Balaban J connectivity index is 2.11. The van der Waals surface area contributed by atoms with Crippen molar-refractivity contribution in [3.63, 3.8) is 0 Å². The lowest BCUT2D eigenvalue weighted by atomic mass is 10.2. The lowest BCUT2D eigenvalue weighted by Crippen LogP contribution is -2.15. The maximum Gasteiger partial charge on any atom is 0.275 e. The van der Waals surface area contributed by atoms with E-state index in [1.54, 1.807) is 30.5 Å². The Labute approximate surface area is 122 Å². The highest BCUT2D eigenvalue weighted by molar-refractivity contribution is 6.02. The summed E-state index contributed by atoms with van der Waals surface area (Å²) >= 11 is 0. The average Bonchev–Trinajstić information content (AvgIpc) is 2.53. The smallest absolute Gasteiger partial charge is 0.275 e. The quantitative estimate of drug-likeness (QED) is 0.878. The van der Waals surface area contributed by atoms with E-state index in [9.17, 15) is 4.79 Å². The molecule has 2 N–H and O–H groups in total. The number of nitriles is 1. The normalized spacial score (nSPS) is 9.71. The van der Waals surface area contributed by atoms with Crippen LogP contribution >= 0.6 is 0 Å². The highest BCUT2D eigenvalue weighted by Crippen LogP contribution is 2.11. The van der Waals surface area contributed by atoms with Gasteiger partial charge in [0.1, 0.15) is 11.5 Å². The summed E-state index contributed by atoms with van der Waals surface area (Å²) in [6, 6.07) is 8.72. The first-order chi connectivity index (χ1) is 10.2. The van der Waals surface area contributed by atoms with Gasteiger partial charge in [-0.3, -0.25) is 9.78 Å². The minimum Gasteiger partial charge on any atom is -0.369 e. The fraction of sp³-hybridized carbons (Fsp3) is 0.200. The van der Waals surface area contributed by atoms with E-state index in [0.717, 1.165) is 13.0 Å². The van der Waals surface area contributed by atoms with Gasteiger partial charge in [-0.2, -0.15) is 5.26 Å². The summed E-state index contributed by atoms with van der Waals surface area (Å²) in [6.07, 6.45) is 3.93. The second-order valence-corrected chi connectivity index (χ2v) is 4.36. The monoisotopic (exact) mass is 281 g/mol. The molecule has 0 saturated carbocycles. The van der Waals surface area contributed by atoms with Crippen molar-refractivity contribution in [2.75, 3.05) is 17.2 Å². The Kier molecular flexibility index (Phi) is 4.83. The topological polar surface area (TPSA) is 90.7 Å².